The van der Waals surface area contributed by atoms with Crippen molar-refractivity contribution in [2.24, 2.45) is 0 Å². The quantitative estimate of drug-likeness (QED) is 0.563. The van der Waals surface area contributed by atoms with E-state index in [1.807, 2.05) is 0 Å². The Morgan fingerprint density at radius 3 is 2.88 bits per heavy atom. The van der Waals surface area contributed by atoms with E-state index in [0.29, 0.717) is 29.6 Å². The van der Waals surface area contributed by atoms with Crippen LogP contribution >= 0.6 is 23.5 Å². The number of hydrogen-bond acceptors (Lipinski definition) is 6. The summed E-state index contributed by atoms with van der Waals surface area (Å²) in [4.78, 5) is 30.6. The molecule has 3 rings (SSSR count). The second-order valence-corrected chi connectivity index (χ2v) is 9.33. The lowest BCUT2D eigenvalue weighted by molar-refractivity contribution is -0.119. The molecule has 2 heterocycles. The Morgan fingerprint density at radius 1 is 1.38 bits per heavy atom. The van der Waals surface area contributed by atoms with Crippen LogP contribution in [0, 0.1) is 0 Å². The van der Waals surface area contributed by atoms with Gasteiger partial charge >= 0.3 is 0 Å². The van der Waals surface area contributed by atoms with Crippen LogP contribution in [0.25, 0.3) is 0 Å². The largest absolute Gasteiger partial charge is 0.383 e. The van der Waals surface area contributed by atoms with Crippen molar-refractivity contribution in [1.29, 1.82) is 0 Å². The molecule has 26 heavy (non-hydrogen) atoms. The van der Waals surface area contributed by atoms with Crippen LogP contribution in [0.2, 0.25) is 0 Å². The second-order valence-electron chi connectivity index (χ2n) is 6.94. The number of fused-ring (bicyclic) bond motifs is 1. The number of rotatable bonds is 7. The smallest absolute Gasteiger partial charge is 0.268 e. The van der Waals surface area contributed by atoms with Crippen LogP contribution < -0.4 is 10.9 Å². The zero-order valence-corrected chi connectivity index (χ0v) is 17.1. The van der Waals surface area contributed by atoms with E-state index in [2.05, 4.69) is 12.2 Å². The van der Waals surface area contributed by atoms with E-state index in [4.69, 9.17) is 9.72 Å². The van der Waals surface area contributed by atoms with Crippen LogP contribution in [0.15, 0.2) is 14.8 Å². The summed E-state index contributed by atoms with van der Waals surface area (Å²) in [5.74, 6) is 0.315. The highest BCUT2D eigenvalue weighted by Gasteiger charge is 2.26. The maximum Gasteiger partial charge on any atom is 0.268 e. The van der Waals surface area contributed by atoms with E-state index >= 15 is 0 Å². The van der Waals surface area contributed by atoms with Gasteiger partial charge in [-0.05, 0) is 12.8 Å². The number of ether oxygens (including phenoxy) is 1. The molecule has 1 aromatic heterocycles. The van der Waals surface area contributed by atoms with Gasteiger partial charge in [0.15, 0.2) is 5.16 Å². The minimum absolute atomic E-state index is 0.00316. The van der Waals surface area contributed by atoms with Gasteiger partial charge in [-0.2, -0.15) is 0 Å². The van der Waals surface area contributed by atoms with Gasteiger partial charge in [0.2, 0.25) is 5.91 Å². The van der Waals surface area contributed by atoms with Crippen LogP contribution in [0.1, 0.15) is 44.7 Å². The molecule has 0 bridgehead atoms. The van der Waals surface area contributed by atoms with Gasteiger partial charge in [0.1, 0.15) is 0 Å². The zero-order valence-electron chi connectivity index (χ0n) is 15.5. The average Bonchev–Trinajstić information content (AvgIpc) is 3.01. The summed E-state index contributed by atoms with van der Waals surface area (Å²) in [6.07, 6.45) is 6.60. The van der Waals surface area contributed by atoms with Gasteiger partial charge in [0.25, 0.3) is 5.56 Å². The first kappa shape index (κ1) is 19.8. The molecule has 1 saturated carbocycles. The maximum atomic E-state index is 12.8. The van der Waals surface area contributed by atoms with Gasteiger partial charge < -0.3 is 10.1 Å². The third-order valence-electron chi connectivity index (χ3n) is 4.78. The maximum absolute atomic E-state index is 12.8. The van der Waals surface area contributed by atoms with Gasteiger partial charge in [-0.3, -0.25) is 14.2 Å². The number of carbonyl (C=O) groups is 1. The third kappa shape index (κ3) is 4.84. The minimum atomic E-state index is -0.00316. The monoisotopic (exact) mass is 397 g/mol. The Labute approximate surface area is 162 Å². The van der Waals surface area contributed by atoms with Gasteiger partial charge in [-0.15, -0.1) is 11.8 Å². The van der Waals surface area contributed by atoms with Gasteiger partial charge in [-0.1, -0.05) is 37.9 Å². The van der Waals surface area contributed by atoms with Crippen molar-refractivity contribution < 1.29 is 9.53 Å². The number of hydrogen-bond donors (Lipinski definition) is 1. The van der Waals surface area contributed by atoms with Crippen molar-refractivity contribution >= 4 is 29.4 Å². The summed E-state index contributed by atoms with van der Waals surface area (Å²) in [6.45, 7) is 3.01. The first-order valence-electron chi connectivity index (χ1n) is 9.30. The molecule has 0 spiro atoms. The highest BCUT2D eigenvalue weighted by Crippen LogP contribution is 2.34. The molecule has 144 valence electrons. The molecule has 0 unspecified atom stereocenters. The van der Waals surface area contributed by atoms with Crippen molar-refractivity contribution in [1.82, 2.24) is 14.9 Å². The fraction of sp³-hybridized carbons (Fsp3) is 0.722. The summed E-state index contributed by atoms with van der Waals surface area (Å²) >= 11 is 2.95. The minimum Gasteiger partial charge on any atom is -0.383 e. The highest BCUT2D eigenvalue weighted by atomic mass is 32.2. The Kier molecular flexibility index (Phi) is 7.05. The summed E-state index contributed by atoms with van der Waals surface area (Å²) in [7, 11) is 1.62. The first-order valence-corrected chi connectivity index (χ1v) is 11.2. The topological polar surface area (TPSA) is 73.2 Å². The molecule has 0 aromatic carbocycles. The summed E-state index contributed by atoms with van der Waals surface area (Å²) in [5.41, 5.74) is 0.868. The molecule has 1 aliphatic carbocycles. The summed E-state index contributed by atoms with van der Waals surface area (Å²) < 4.78 is 6.80. The van der Waals surface area contributed by atoms with Crippen molar-refractivity contribution in [2.75, 3.05) is 19.5 Å². The van der Waals surface area contributed by atoms with E-state index in [9.17, 15) is 9.59 Å². The number of methoxy groups -OCH3 is 1. The Bertz CT molecular complexity index is 702. The van der Waals surface area contributed by atoms with Crippen LogP contribution in [0.4, 0.5) is 0 Å². The second kappa shape index (κ2) is 9.28. The van der Waals surface area contributed by atoms with Crippen molar-refractivity contribution in [2.45, 2.75) is 73.3 Å². The predicted molar refractivity (Wildman–Crippen MR) is 105 cm³/mol. The third-order valence-corrected chi connectivity index (χ3v) is 6.98. The standard InChI is InChI=1S/C18H27N3O3S2/c1-12-10-14-16(26-12)17(23)21(8-9-24-2)18(20-14)25-11-15(22)19-13-6-4-3-5-7-13/h12-13H,3-11H2,1-2H3,(H,19,22)/t12-/m1/s1. The van der Waals surface area contributed by atoms with Crippen molar-refractivity contribution in [3.63, 3.8) is 0 Å². The van der Waals surface area contributed by atoms with Crippen LogP contribution in [-0.4, -0.2) is 46.2 Å². The van der Waals surface area contributed by atoms with E-state index in [0.717, 1.165) is 29.9 Å². The fourth-order valence-corrected chi connectivity index (χ4v) is 5.44. The van der Waals surface area contributed by atoms with E-state index < -0.39 is 0 Å². The Balaban J connectivity index is 1.69. The average molecular weight is 398 g/mol. The lowest BCUT2D eigenvalue weighted by Gasteiger charge is -2.22. The molecule has 1 aromatic rings. The Hall–Kier alpha value is -0.990. The molecule has 0 saturated heterocycles. The van der Waals surface area contributed by atoms with Gasteiger partial charge in [0, 0.05) is 24.8 Å². The number of thioether (sulfide) groups is 2. The van der Waals surface area contributed by atoms with Crippen LogP contribution in [0.5, 0.6) is 0 Å². The molecular weight excluding hydrogens is 370 g/mol. The molecule has 1 aliphatic heterocycles. The number of nitrogens with zero attached hydrogens (tertiary/aromatic N) is 2. The first-order chi connectivity index (χ1) is 12.6. The van der Waals surface area contributed by atoms with Gasteiger partial charge in [-0.25, -0.2) is 4.98 Å². The molecule has 1 fully saturated rings. The normalized spacial score (nSPS) is 20.2. The molecule has 1 atom stereocenters. The molecule has 2 aliphatic rings. The van der Waals surface area contributed by atoms with E-state index in [1.165, 1.54) is 31.0 Å². The van der Waals surface area contributed by atoms with Crippen molar-refractivity contribution in [3.05, 3.63) is 16.0 Å². The molecule has 0 radical (unpaired) electrons. The molecule has 8 heteroatoms. The van der Waals surface area contributed by atoms with Gasteiger partial charge in [0.05, 0.1) is 29.5 Å². The van der Waals surface area contributed by atoms with Crippen LogP contribution in [0.3, 0.4) is 0 Å². The number of aromatic nitrogens is 2. The number of nitrogens with one attached hydrogen (secondary N) is 1. The molecule has 6 nitrogen and oxygen atoms in total. The van der Waals surface area contributed by atoms with E-state index in [1.54, 1.807) is 23.4 Å². The lowest BCUT2D eigenvalue weighted by atomic mass is 9.95. The zero-order chi connectivity index (χ0) is 18.5. The number of amides is 1. The van der Waals surface area contributed by atoms with E-state index in [-0.39, 0.29) is 17.2 Å². The van der Waals surface area contributed by atoms with Crippen LogP contribution in [-0.2, 0) is 22.5 Å². The summed E-state index contributed by atoms with van der Waals surface area (Å²) in [5, 5.41) is 4.12. The molecule has 1 N–H and O–H groups in total. The predicted octanol–water partition coefficient (Wildman–Crippen LogP) is 2.47. The molecule has 1 amide bonds. The number of carbonyl (C=O) groups excluding carboxylic acids is 1. The molecular formula is C18H27N3O3S2. The SMILES string of the molecule is COCCn1c(SCC(=O)NC2CCCCC2)nc2c(c1=O)S[C@H](C)C2. The highest BCUT2D eigenvalue weighted by molar-refractivity contribution is 8.00. The van der Waals surface area contributed by atoms with Crippen molar-refractivity contribution in [3.8, 4) is 0 Å². The fourth-order valence-electron chi connectivity index (χ4n) is 3.47. The Morgan fingerprint density at radius 2 is 2.15 bits per heavy atom. The summed E-state index contributed by atoms with van der Waals surface area (Å²) in [6, 6.07) is 0.303. The lowest BCUT2D eigenvalue weighted by Crippen LogP contribution is -2.37.